The van der Waals surface area contributed by atoms with E-state index in [0.29, 0.717) is 0 Å². The van der Waals surface area contributed by atoms with Gasteiger partial charge >= 0.3 is 6.09 Å². The molecule has 3 aliphatic carbocycles. The maximum atomic E-state index is 11.8. The highest BCUT2D eigenvalue weighted by Gasteiger charge is 2.61. The second-order valence-corrected chi connectivity index (χ2v) is 8.87. The molecule has 0 aromatic carbocycles. The topological polar surface area (TPSA) is 81.7 Å². The van der Waals surface area contributed by atoms with Gasteiger partial charge in [0.2, 0.25) is 0 Å². The standard InChI is InChI=1S/C13H23NO5S/c1-11(2,3)19-10(15)14-13-6-5-12(7-13,8-13)9-18-20(4,16)17/h5-9H2,1-4H3,(H,14,15). The quantitative estimate of drug-likeness (QED) is 0.801. The Morgan fingerprint density at radius 3 is 2.35 bits per heavy atom. The van der Waals surface area contributed by atoms with E-state index in [0.717, 1.165) is 31.9 Å². The van der Waals surface area contributed by atoms with Gasteiger partial charge < -0.3 is 10.1 Å². The zero-order valence-corrected chi connectivity index (χ0v) is 13.3. The van der Waals surface area contributed by atoms with Crippen molar-refractivity contribution in [2.75, 3.05) is 12.9 Å². The Hall–Kier alpha value is -0.820. The van der Waals surface area contributed by atoms with Crippen LogP contribution in [0.5, 0.6) is 0 Å². The van der Waals surface area contributed by atoms with E-state index in [1.807, 2.05) is 20.8 Å². The number of rotatable bonds is 4. The van der Waals surface area contributed by atoms with Crippen molar-refractivity contribution >= 4 is 16.2 Å². The predicted octanol–water partition coefficient (Wildman–Crippen LogP) is 1.80. The molecule has 2 bridgehead atoms. The molecular weight excluding hydrogens is 282 g/mol. The van der Waals surface area contributed by atoms with Gasteiger partial charge in [-0.25, -0.2) is 4.79 Å². The SMILES string of the molecule is CC(C)(C)OC(=O)NC12CCC(COS(C)(=O)=O)(C1)C2. The molecule has 0 aliphatic heterocycles. The van der Waals surface area contributed by atoms with Crippen molar-refractivity contribution in [1.29, 1.82) is 0 Å². The number of amides is 1. The minimum atomic E-state index is -3.40. The molecule has 1 N–H and O–H groups in total. The zero-order valence-electron chi connectivity index (χ0n) is 12.5. The highest BCUT2D eigenvalue weighted by atomic mass is 32.2. The Morgan fingerprint density at radius 2 is 1.85 bits per heavy atom. The first-order valence-electron chi connectivity index (χ1n) is 6.78. The molecule has 3 rings (SSSR count). The van der Waals surface area contributed by atoms with Gasteiger partial charge in [-0.05, 0) is 51.9 Å². The first kappa shape index (κ1) is 15.6. The van der Waals surface area contributed by atoms with Crippen LogP contribution >= 0.6 is 0 Å². The van der Waals surface area contributed by atoms with E-state index in [1.165, 1.54) is 0 Å². The molecule has 6 nitrogen and oxygen atoms in total. The van der Waals surface area contributed by atoms with E-state index in [9.17, 15) is 13.2 Å². The van der Waals surface area contributed by atoms with Crippen molar-refractivity contribution in [3.05, 3.63) is 0 Å². The highest BCUT2D eigenvalue weighted by Crippen LogP contribution is 2.61. The van der Waals surface area contributed by atoms with Crippen LogP contribution < -0.4 is 5.32 Å². The number of carbonyl (C=O) groups excluding carboxylic acids is 1. The summed E-state index contributed by atoms with van der Waals surface area (Å²) in [6.07, 6.45) is 3.89. The van der Waals surface area contributed by atoms with Gasteiger partial charge in [-0.15, -0.1) is 0 Å². The predicted molar refractivity (Wildman–Crippen MR) is 73.8 cm³/mol. The molecule has 1 amide bonds. The Bertz CT molecular complexity index is 499. The Balaban J connectivity index is 1.85. The fraction of sp³-hybridized carbons (Fsp3) is 0.923. The van der Waals surface area contributed by atoms with E-state index in [2.05, 4.69) is 5.32 Å². The Labute approximate surface area is 120 Å². The summed E-state index contributed by atoms with van der Waals surface area (Å²) in [4.78, 5) is 11.8. The van der Waals surface area contributed by atoms with Gasteiger partial charge in [0.1, 0.15) is 5.60 Å². The largest absolute Gasteiger partial charge is 0.444 e. The van der Waals surface area contributed by atoms with E-state index >= 15 is 0 Å². The number of nitrogens with one attached hydrogen (secondary N) is 1. The fourth-order valence-corrected chi connectivity index (χ4v) is 3.78. The van der Waals surface area contributed by atoms with Gasteiger partial charge in [-0.2, -0.15) is 8.42 Å². The summed E-state index contributed by atoms with van der Waals surface area (Å²) in [5.41, 5.74) is -0.846. The molecule has 0 radical (unpaired) electrons. The summed E-state index contributed by atoms with van der Waals surface area (Å²) < 4.78 is 32.3. The average molecular weight is 305 g/mol. The number of carbonyl (C=O) groups is 1. The molecule has 3 aliphatic rings. The molecular formula is C13H23NO5S. The van der Waals surface area contributed by atoms with Gasteiger partial charge in [0.05, 0.1) is 12.9 Å². The molecule has 116 valence electrons. The molecule has 0 aromatic rings. The second-order valence-electron chi connectivity index (χ2n) is 7.23. The van der Waals surface area contributed by atoms with Crippen LogP contribution in [0.15, 0.2) is 0 Å². The molecule has 0 heterocycles. The summed E-state index contributed by atoms with van der Waals surface area (Å²) in [7, 11) is -3.40. The molecule has 0 saturated heterocycles. The minimum absolute atomic E-state index is 0.0991. The van der Waals surface area contributed by atoms with Crippen LogP contribution in [0.1, 0.15) is 46.5 Å². The summed E-state index contributed by atoms with van der Waals surface area (Å²) in [5.74, 6) is 0. The van der Waals surface area contributed by atoms with Gasteiger partial charge in [0.25, 0.3) is 10.1 Å². The molecule has 3 saturated carbocycles. The van der Waals surface area contributed by atoms with Gasteiger partial charge in [0, 0.05) is 5.54 Å². The number of ether oxygens (including phenoxy) is 1. The van der Waals surface area contributed by atoms with Crippen LogP contribution in [0, 0.1) is 5.41 Å². The first-order chi connectivity index (χ1) is 8.93. The van der Waals surface area contributed by atoms with Crippen LogP contribution in [0.2, 0.25) is 0 Å². The normalized spacial score (nSPS) is 32.6. The van der Waals surface area contributed by atoms with Gasteiger partial charge in [0.15, 0.2) is 0 Å². The fourth-order valence-electron chi connectivity index (χ4n) is 3.32. The van der Waals surface area contributed by atoms with Crippen LogP contribution in [0.3, 0.4) is 0 Å². The third-order valence-electron chi connectivity index (χ3n) is 3.91. The number of alkyl carbamates (subject to hydrolysis) is 1. The monoisotopic (exact) mass is 305 g/mol. The van der Waals surface area contributed by atoms with Crippen LogP contribution in [-0.2, 0) is 19.0 Å². The van der Waals surface area contributed by atoms with Crippen molar-refractivity contribution in [1.82, 2.24) is 5.32 Å². The number of fused-ring (bicyclic) bond motifs is 1. The first-order valence-corrected chi connectivity index (χ1v) is 8.60. The minimum Gasteiger partial charge on any atom is -0.444 e. The lowest BCUT2D eigenvalue weighted by Crippen LogP contribution is -2.57. The summed E-state index contributed by atoms with van der Waals surface area (Å²) in [6, 6.07) is 0. The summed E-state index contributed by atoms with van der Waals surface area (Å²) in [6.45, 7) is 5.68. The number of hydrogen-bond donors (Lipinski definition) is 1. The van der Waals surface area contributed by atoms with E-state index < -0.39 is 21.8 Å². The average Bonchev–Trinajstić information content (AvgIpc) is 2.65. The lowest BCUT2D eigenvalue weighted by molar-refractivity contribution is 0.0129. The maximum Gasteiger partial charge on any atom is 0.408 e. The van der Waals surface area contributed by atoms with Crippen molar-refractivity contribution in [3.8, 4) is 0 Å². The van der Waals surface area contributed by atoms with E-state index in [-0.39, 0.29) is 17.6 Å². The molecule has 20 heavy (non-hydrogen) atoms. The number of hydrogen-bond acceptors (Lipinski definition) is 5. The van der Waals surface area contributed by atoms with Crippen molar-refractivity contribution in [2.24, 2.45) is 5.41 Å². The lowest BCUT2D eigenvalue weighted by atomic mass is 9.65. The molecule has 0 spiro atoms. The van der Waals surface area contributed by atoms with Crippen molar-refractivity contribution in [2.45, 2.75) is 57.6 Å². The Kier molecular flexibility index (Phi) is 3.57. The van der Waals surface area contributed by atoms with Gasteiger partial charge in [-0.1, -0.05) is 0 Å². The summed E-state index contributed by atoms with van der Waals surface area (Å²) in [5, 5.41) is 2.93. The van der Waals surface area contributed by atoms with Crippen LogP contribution in [0.4, 0.5) is 4.79 Å². The van der Waals surface area contributed by atoms with Gasteiger partial charge in [-0.3, -0.25) is 4.18 Å². The maximum absolute atomic E-state index is 11.8. The molecule has 0 atom stereocenters. The highest BCUT2D eigenvalue weighted by molar-refractivity contribution is 7.85. The Morgan fingerprint density at radius 1 is 1.25 bits per heavy atom. The third-order valence-corrected chi connectivity index (χ3v) is 4.45. The molecule has 0 unspecified atom stereocenters. The van der Waals surface area contributed by atoms with Crippen molar-refractivity contribution < 1.29 is 22.1 Å². The molecule has 3 fully saturated rings. The van der Waals surface area contributed by atoms with Crippen molar-refractivity contribution in [3.63, 3.8) is 0 Å². The molecule has 0 aromatic heterocycles. The summed E-state index contributed by atoms with van der Waals surface area (Å²) >= 11 is 0. The third kappa shape index (κ3) is 3.63. The van der Waals surface area contributed by atoms with E-state index in [4.69, 9.17) is 8.92 Å². The van der Waals surface area contributed by atoms with E-state index in [1.54, 1.807) is 0 Å². The smallest absolute Gasteiger partial charge is 0.408 e. The lowest BCUT2D eigenvalue weighted by Gasteiger charge is -2.47. The zero-order chi connectivity index (χ0) is 15.2. The second kappa shape index (κ2) is 4.59. The molecule has 7 heteroatoms. The van der Waals surface area contributed by atoms with Crippen LogP contribution in [0.25, 0.3) is 0 Å². The van der Waals surface area contributed by atoms with Crippen LogP contribution in [-0.4, -0.2) is 38.5 Å².